The van der Waals surface area contributed by atoms with Crippen LogP contribution in [0.5, 0.6) is 0 Å². The lowest BCUT2D eigenvalue weighted by Crippen LogP contribution is -2.56. The van der Waals surface area contributed by atoms with E-state index in [9.17, 15) is 28.8 Å². The lowest BCUT2D eigenvalue weighted by atomic mass is 10.0. The van der Waals surface area contributed by atoms with Crippen molar-refractivity contribution in [1.29, 1.82) is 0 Å². The van der Waals surface area contributed by atoms with E-state index in [-0.39, 0.29) is 17.9 Å². The number of unbranched alkanes of at least 4 members (excludes halogenated alkanes) is 7. The zero-order valence-corrected chi connectivity index (χ0v) is 37.9. The smallest absolute Gasteiger partial charge is 0.243 e. The molecule has 0 aliphatic carbocycles. The Balaban J connectivity index is 5.43. The van der Waals surface area contributed by atoms with Crippen molar-refractivity contribution in [3.05, 3.63) is 0 Å². The molecule has 0 bridgehead atoms. The average molecular weight is 885 g/mol. The summed E-state index contributed by atoms with van der Waals surface area (Å²) in [5.74, 6) is -2.49. The molecule has 0 aliphatic rings. The summed E-state index contributed by atoms with van der Waals surface area (Å²) in [6.45, 7) is 4.96. The Morgan fingerprint density at radius 3 is 0.952 bits per heavy atom. The number of hydrogen-bond donors (Lipinski definition) is 14. The summed E-state index contributed by atoms with van der Waals surface area (Å²) in [5, 5.41) is 17.2. The van der Waals surface area contributed by atoms with Crippen LogP contribution >= 0.6 is 0 Å². The van der Waals surface area contributed by atoms with Gasteiger partial charge in [-0.2, -0.15) is 0 Å². The summed E-state index contributed by atoms with van der Waals surface area (Å²) >= 11 is 0. The van der Waals surface area contributed by atoms with E-state index in [0.29, 0.717) is 168 Å². The highest BCUT2D eigenvalue weighted by Crippen LogP contribution is 2.10. The maximum Gasteiger partial charge on any atom is 0.243 e. The molecular formula is C42H88N14O6. The van der Waals surface area contributed by atoms with Gasteiger partial charge in [-0.15, -0.1) is 0 Å². The van der Waals surface area contributed by atoms with Gasteiger partial charge in [0.2, 0.25) is 35.4 Å². The Labute approximate surface area is 371 Å². The fraction of sp³-hybridized carbons (Fsp3) is 0.857. The molecular weight excluding hydrogens is 797 g/mol. The molecule has 0 rings (SSSR count). The van der Waals surface area contributed by atoms with E-state index in [1.54, 1.807) is 0 Å². The highest BCUT2D eigenvalue weighted by molar-refractivity contribution is 5.94. The first kappa shape index (κ1) is 58.5. The molecule has 0 spiro atoms. The van der Waals surface area contributed by atoms with Gasteiger partial charge in [-0.3, -0.25) is 28.8 Å². The van der Waals surface area contributed by atoms with Crippen molar-refractivity contribution in [3.8, 4) is 0 Å². The molecule has 0 heterocycles. The third-order valence-electron chi connectivity index (χ3n) is 10.7. The van der Waals surface area contributed by atoms with Gasteiger partial charge in [-0.25, -0.2) is 0 Å². The summed E-state index contributed by atoms with van der Waals surface area (Å²) in [7, 11) is 0. The third-order valence-corrected chi connectivity index (χ3v) is 10.7. The molecule has 20 heteroatoms. The van der Waals surface area contributed by atoms with Crippen LogP contribution in [0.4, 0.5) is 0 Å². The van der Waals surface area contributed by atoms with E-state index in [2.05, 4.69) is 31.9 Å². The summed E-state index contributed by atoms with van der Waals surface area (Å²) in [5.41, 5.74) is 46.1. The Kier molecular flexibility index (Phi) is 35.9. The zero-order chi connectivity index (χ0) is 46.5. The van der Waals surface area contributed by atoms with Crippen LogP contribution in [0.3, 0.4) is 0 Å². The Morgan fingerprint density at radius 1 is 0.339 bits per heavy atom. The first-order valence-electron chi connectivity index (χ1n) is 23.3. The summed E-state index contributed by atoms with van der Waals surface area (Å²) in [4.78, 5) is 79.7. The van der Waals surface area contributed by atoms with E-state index in [1.165, 1.54) is 0 Å². The topological polar surface area (TPSA) is 383 Å². The number of nitrogens with one attached hydrogen (secondary N) is 6. The molecule has 0 saturated heterocycles. The second-order valence-corrected chi connectivity index (χ2v) is 16.4. The zero-order valence-electron chi connectivity index (χ0n) is 37.9. The standard InChI is InChI=1S/C42H88N14O6/c1-30(52-40(60)34(20-5-12-26-46)56-42(62)36(22-7-14-28-48)54-38(58)32(50)18-3-10-24-44)16-8-15-29-51-39(59)33(19-4-11-25-45)55-41(61)35(21-6-13-27-47)53-37(57)31(49)17-2-9-23-43/h30-36H,2-29,43-50H2,1H3,(H,51,59)(H,52,60)(H,53,57)(H,54,58)(H,55,61)(H,56,62). The molecule has 0 fully saturated rings. The predicted octanol–water partition coefficient (Wildman–Crippen LogP) is -1.85. The Bertz CT molecular complexity index is 1230. The monoisotopic (exact) mass is 885 g/mol. The molecule has 62 heavy (non-hydrogen) atoms. The summed E-state index contributed by atoms with van der Waals surface area (Å²) in [6.07, 6.45) is 12.1. The maximum absolute atomic E-state index is 13.6. The molecule has 0 radical (unpaired) electrons. The second-order valence-electron chi connectivity index (χ2n) is 16.4. The van der Waals surface area contributed by atoms with Gasteiger partial charge in [0.25, 0.3) is 0 Å². The van der Waals surface area contributed by atoms with Crippen molar-refractivity contribution in [2.24, 2.45) is 45.9 Å². The van der Waals surface area contributed by atoms with Gasteiger partial charge in [-0.05, 0) is 168 Å². The van der Waals surface area contributed by atoms with Gasteiger partial charge in [-0.1, -0.05) is 12.8 Å². The van der Waals surface area contributed by atoms with E-state index in [1.807, 2.05) is 6.92 Å². The number of amides is 6. The first-order chi connectivity index (χ1) is 29.8. The van der Waals surface area contributed by atoms with Crippen LogP contribution in [-0.4, -0.2) is 124 Å². The summed E-state index contributed by atoms with van der Waals surface area (Å²) in [6, 6.07) is -5.27. The molecule has 7 atom stereocenters. The minimum atomic E-state index is -0.884. The van der Waals surface area contributed by atoms with Crippen molar-refractivity contribution in [2.45, 2.75) is 184 Å². The highest BCUT2D eigenvalue weighted by atomic mass is 16.2. The first-order valence-corrected chi connectivity index (χ1v) is 23.3. The van der Waals surface area contributed by atoms with Gasteiger partial charge < -0.3 is 77.8 Å². The van der Waals surface area contributed by atoms with E-state index >= 15 is 0 Å². The predicted molar refractivity (Wildman–Crippen MR) is 246 cm³/mol. The van der Waals surface area contributed by atoms with Crippen molar-refractivity contribution in [3.63, 3.8) is 0 Å². The Morgan fingerprint density at radius 2 is 0.613 bits per heavy atom. The highest BCUT2D eigenvalue weighted by Gasteiger charge is 2.30. The molecule has 20 nitrogen and oxygen atoms in total. The van der Waals surface area contributed by atoms with Crippen molar-refractivity contribution < 1.29 is 28.8 Å². The van der Waals surface area contributed by atoms with Gasteiger partial charge in [0.15, 0.2) is 0 Å². The maximum atomic E-state index is 13.6. The molecule has 0 aromatic heterocycles. The van der Waals surface area contributed by atoms with E-state index in [0.717, 1.165) is 12.8 Å². The van der Waals surface area contributed by atoms with Crippen LogP contribution in [0.1, 0.15) is 142 Å². The molecule has 0 aliphatic heterocycles. The lowest BCUT2D eigenvalue weighted by molar-refractivity contribution is -0.133. The van der Waals surface area contributed by atoms with E-state index < -0.39 is 59.9 Å². The van der Waals surface area contributed by atoms with Crippen LogP contribution in [0.15, 0.2) is 0 Å². The van der Waals surface area contributed by atoms with Crippen molar-refractivity contribution in [1.82, 2.24) is 31.9 Å². The van der Waals surface area contributed by atoms with Crippen molar-refractivity contribution in [2.75, 3.05) is 45.8 Å². The molecule has 0 aromatic carbocycles. The largest absolute Gasteiger partial charge is 0.354 e. The number of nitrogens with two attached hydrogens (primary N) is 8. The fourth-order valence-corrected chi connectivity index (χ4v) is 6.75. The second kappa shape index (κ2) is 38.0. The number of rotatable bonds is 40. The molecule has 362 valence electrons. The number of carbonyl (C=O) groups is 6. The molecule has 0 saturated carbocycles. The molecule has 6 amide bonds. The number of carbonyl (C=O) groups excluding carboxylic acids is 6. The average Bonchev–Trinajstić information content (AvgIpc) is 3.24. The SMILES string of the molecule is CC(CCCCNC(=O)C(CCCCN)NC(=O)C(CCCCN)NC(=O)C(N)CCCCN)NC(=O)C(CCCCN)NC(=O)C(CCCCN)NC(=O)C(N)CCCCN. The molecule has 7 unspecified atom stereocenters. The van der Waals surface area contributed by atoms with Crippen LogP contribution < -0.4 is 77.8 Å². The number of hydrogen-bond acceptors (Lipinski definition) is 14. The molecule has 22 N–H and O–H groups in total. The van der Waals surface area contributed by atoms with Crippen LogP contribution in [0.2, 0.25) is 0 Å². The quantitative estimate of drug-likeness (QED) is 0.0301. The molecule has 0 aromatic rings. The Hall–Kier alpha value is -3.50. The fourth-order valence-electron chi connectivity index (χ4n) is 6.75. The van der Waals surface area contributed by atoms with E-state index in [4.69, 9.17) is 45.9 Å². The van der Waals surface area contributed by atoms with Gasteiger partial charge in [0.05, 0.1) is 12.1 Å². The van der Waals surface area contributed by atoms with Crippen LogP contribution in [0.25, 0.3) is 0 Å². The normalized spacial score (nSPS) is 14.7. The van der Waals surface area contributed by atoms with Crippen LogP contribution in [-0.2, 0) is 28.8 Å². The van der Waals surface area contributed by atoms with Gasteiger partial charge in [0, 0.05) is 12.6 Å². The lowest BCUT2D eigenvalue weighted by Gasteiger charge is -2.25. The van der Waals surface area contributed by atoms with Gasteiger partial charge >= 0.3 is 0 Å². The third kappa shape index (κ3) is 28.2. The minimum absolute atomic E-state index is 0.248. The van der Waals surface area contributed by atoms with Crippen molar-refractivity contribution >= 4 is 35.4 Å². The summed E-state index contributed by atoms with van der Waals surface area (Å²) < 4.78 is 0. The minimum Gasteiger partial charge on any atom is -0.354 e. The van der Waals surface area contributed by atoms with Gasteiger partial charge in [0.1, 0.15) is 24.2 Å². The van der Waals surface area contributed by atoms with Crippen LogP contribution in [0, 0.1) is 0 Å².